The van der Waals surface area contributed by atoms with Crippen molar-refractivity contribution in [3.63, 3.8) is 0 Å². The molecule has 8 nitrogen and oxygen atoms in total. The van der Waals surface area contributed by atoms with E-state index >= 15 is 0 Å². The van der Waals surface area contributed by atoms with Crippen LogP contribution in [0.1, 0.15) is 11.3 Å². The Morgan fingerprint density at radius 2 is 1.71 bits per heavy atom. The van der Waals surface area contributed by atoms with E-state index in [9.17, 15) is 0 Å². The lowest BCUT2D eigenvalue weighted by atomic mass is 10.0. The number of hydrogen-bond acceptors (Lipinski definition) is 8. The van der Waals surface area contributed by atoms with Crippen molar-refractivity contribution in [3.8, 4) is 28.7 Å². The number of fused-ring (bicyclic) bond motifs is 2. The molecule has 0 saturated carbocycles. The number of anilines is 1. The lowest BCUT2D eigenvalue weighted by Crippen LogP contribution is -2.05. The zero-order valence-corrected chi connectivity index (χ0v) is 15.9. The highest BCUT2D eigenvalue weighted by atomic mass is 16.7. The topological polar surface area (TPSA) is 98.0 Å². The Morgan fingerprint density at radius 1 is 0.929 bits per heavy atom. The van der Waals surface area contributed by atoms with Gasteiger partial charge in [0.05, 0.1) is 27.0 Å². The lowest BCUT2D eigenvalue weighted by molar-refractivity contribution is 0.174. The maximum atomic E-state index is 5.97. The van der Waals surface area contributed by atoms with Crippen molar-refractivity contribution in [1.82, 2.24) is 9.97 Å². The summed E-state index contributed by atoms with van der Waals surface area (Å²) in [6, 6.07) is 7.77. The zero-order chi connectivity index (χ0) is 19.7. The molecule has 0 spiro atoms. The van der Waals surface area contributed by atoms with E-state index in [0.717, 1.165) is 34.6 Å². The predicted molar refractivity (Wildman–Crippen MR) is 104 cm³/mol. The molecule has 1 aliphatic heterocycles. The van der Waals surface area contributed by atoms with Crippen LogP contribution >= 0.6 is 0 Å². The highest BCUT2D eigenvalue weighted by molar-refractivity contribution is 5.92. The van der Waals surface area contributed by atoms with Gasteiger partial charge >= 0.3 is 0 Å². The van der Waals surface area contributed by atoms with E-state index in [0.29, 0.717) is 29.2 Å². The summed E-state index contributed by atoms with van der Waals surface area (Å²) in [7, 11) is 4.69. The van der Waals surface area contributed by atoms with E-state index in [1.165, 1.54) is 0 Å². The molecule has 0 unspecified atom stereocenters. The number of ether oxygens (including phenoxy) is 5. The van der Waals surface area contributed by atoms with Gasteiger partial charge < -0.3 is 29.4 Å². The molecule has 0 amide bonds. The predicted octanol–water partition coefficient (Wildman–Crippen LogP) is 2.75. The molecule has 0 aliphatic carbocycles. The minimum Gasteiger partial charge on any atom is -0.493 e. The minimum absolute atomic E-state index is 0.179. The van der Waals surface area contributed by atoms with Gasteiger partial charge in [-0.25, -0.2) is 9.97 Å². The minimum atomic E-state index is 0.179. The quantitative estimate of drug-likeness (QED) is 0.694. The van der Waals surface area contributed by atoms with Gasteiger partial charge in [0, 0.05) is 5.39 Å². The van der Waals surface area contributed by atoms with Crippen molar-refractivity contribution in [2.75, 3.05) is 33.9 Å². The average molecular weight is 383 g/mol. The maximum absolute atomic E-state index is 5.97. The van der Waals surface area contributed by atoms with Gasteiger partial charge in [-0.2, -0.15) is 0 Å². The Labute approximate surface area is 162 Å². The molecule has 146 valence electrons. The second-order valence-corrected chi connectivity index (χ2v) is 6.26. The Hall–Kier alpha value is -3.42. The first-order valence-electron chi connectivity index (χ1n) is 8.78. The molecule has 0 radical (unpaired) electrons. The van der Waals surface area contributed by atoms with Crippen LogP contribution in [0.2, 0.25) is 0 Å². The zero-order valence-electron chi connectivity index (χ0n) is 15.9. The highest BCUT2D eigenvalue weighted by Crippen LogP contribution is 2.43. The number of aryl methyl sites for hydroxylation is 2. The monoisotopic (exact) mass is 383 g/mol. The molecule has 4 rings (SSSR count). The number of aromatic nitrogens is 2. The Bertz CT molecular complexity index is 1040. The van der Waals surface area contributed by atoms with Crippen LogP contribution in [0.25, 0.3) is 10.9 Å². The summed E-state index contributed by atoms with van der Waals surface area (Å²) in [6.45, 7) is 0.257. The third kappa shape index (κ3) is 3.06. The molecular weight excluding hydrogens is 362 g/mol. The van der Waals surface area contributed by atoms with Gasteiger partial charge in [-0.15, -0.1) is 0 Å². The summed E-state index contributed by atoms with van der Waals surface area (Å²) in [5.41, 5.74) is 8.48. The molecule has 8 heteroatoms. The summed E-state index contributed by atoms with van der Waals surface area (Å²) in [5, 5.41) is 0.810. The van der Waals surface area contributed by atoms with Crippen LogP contribution in [0.5, 0.6) is 28.7 Å². The van der Waals surface area contributed by atoms with Crippen molar-refractivity contribution in [2.45, 2.75) is 12.8 Å². The lowest BCUT2D eigenvalue weighted by Gasteiger charge is -2.16. The average Bonchev–Trinajstić information content (AvgIpc) is 3.18. The number of methoxy groups -OCH3 is 3. The summed E-state index contributed by atoms with van der Waals surface area (Å²) < 4.78 is 27.3. The van der Waals surface area contributed by atoms with E-state index < -0.39 is 0 Å². The number of nitrogens with zero attached hydrogens (tertiary/aromatic N) is 2. The van der Waals surface area contributed by atoms with Crippen LogP contribution in [0, 0.1) is 0 Å². The first kappa shape index (κ1) is 18.0. The van der Waals surface area contributed by atoms with Crippen LogP contribution in [-0.2, 0) is 12.8 Å². The van der Waals surface area contributed by atoms with Crippen LogP contribution in [0.4, 0.5) is 5.95 Å². The first-order valence-corrected chi connectivity index (χ1v) is 8.78. The molecule has 2 N–H and O–H groups in total. The van der Waals surface area contributed by atoms with Crippen LogP contribution in [0.3, 0.4) is 0 Å². The van der Waals surface area contributed by atoms with Crippen molar-refractivity contribution in [1.29, 1.82) is 0 Å². The normalized spacial score (nSPS) is 12.2. The summed E-state index contributed by atoms with van der Waals surface area (Å²) in [6.07, 6.45) is 1.40. The van der Waals surface area contributed by atoms with Gasteiger partial charge in [-0.3, -0.25) is 0 Å². The van der Waals surface area contributed by atoms with E-state index in [1.807, 2.05) is 24.3 Å². The second kappa shape index (κ2) is 7.30. The van der Waals surface area contributed by atoms with E-state index in [4.69, 9.17) is 29.4 Å². The van der Waals surface area contributed by atoms with Crippen molar-refractivity contribution in [3.05, 3.63) is 35.5 Å². The van der Waals surface area contributed by atoms with Crippen LogP contribution in [0.15, 0.2) is 24.3 Å². The third-order valence-electron chi connectivity index (χ3n) is 4.68. The van der Waals surface area contributed by atoms with Crippen molar-refractivity contribution in [2.24, 2.45) is 0 Å². The molecule has 0 atom stereocenters. The van der Waals surface area contributed by atoms with Crippen LogP contribution in [-0.4, -0.2) is 38.1 Å². The molecule has 0 bridgehead atoms. The Morgan fingerprint density at radius 3 is 2.46 bits per heavy atom. The molecule has 0 fully saturated rings. The van der Waals surface area contributed by atoms with E-state index in [-0.39, 0.29) is 12.7 Å². The maximum Gasteiger partial charge on any atom is 0.231 e. The molecule has 2 heterocycles. The highest BCUT2D eigenvalue weighted by Gasteiger charge is 2.20. The number of rotatable bonds is 6. The Balaban J connectivity index is 1.74. The number of nitrogen functional groups attached to an aromatic ring is 1. The number of benzene rings is 2. The fraction of sp³-hybridized carbons (Fsp3) is 0.300. The van der Waals surface area contributed by atoms with E-state index in [1.54, 1.807) is 21.3 Å². The smallest absolute Gasteiger partial charge is 0.231 e. The molecule has 28 heavy (non-hydrogen) atoms. The second-order valence-electron chi connectivity index (χ2n) is 6.26. The number of hydrogen-bond donors (Lipinski definition) is 1. The van der Waals surface area contributed by atoms with E-state index in [2.05, 4.69) is 9.97 Å². The summed E-state index contributed by atoms with van der Waals surface area (Å²) in [5.74, 6) is 3.19. The fourth-order valence-corrected chi connectivity index (χ4v) is 3.36. The molecule has 3 aromatic rings. The van der Waals surface area contributed by atoms with Gasteiger partial charge in [0.15, 0.2) is 23.0 Å². The van der Waals surface area contributed by atoms with Gasteiger partial charge in [-0.05, 0) is 36.6 Å². The molecular formula is C20H21N3O5. The number of nitrogens with two attached hydrogens (primary N) is 1. The van der Waals surface area contributed by atoms with Gasteiger partial charge in [0.1, 0.15) is 5.52 Å². The third-order valence-corrected chi connectivity index (χ3v) is 4.68. The van der Waals surface area contributed by atoms with Gasteiger partial charge in [0.2, 0.25) is 18.5 Å². The molecule has 0 saturated heterocycles. The van der Waals surface area contributed by atoms with Crippen molar-refractivity contribution >= 4 is 16.9 Å². The van der Waals surface area contributed by atoms with Gasteiger partial charge in [0.25, 0.3) is 0 Å². The summed E-state index contributed by atoms with van der Waals surface area (Å²) in [4.78, 5) is 8.82. The molecule has 1 aliphatic rings. The standard InChI is InChI=1S/C20H21N3O5/c1-24-16-9-12-13(6-4-11-5-7-14-15(8-11)28-10-27-14)22-20(21)23-17(12)19(26-3)18(16)25-2/h5,7-9H,4,6,10H2,1-3H3,(H2,21,22,23). The Kier molecular flexibility index (Phi) is 4.68. The molecule has 1 aromatic heterocycles. The van der Waals surface area contributed by atoms with Crippen molar-refractivity contribution < 1.29 is 23.7 Å². The SMILES string of the molecule is COc1cc2c(CCc3ccc4c(c3)OCO4)nc(N)nc2c(OC)c1OC. The first-order chi connectivity index (χ1) is 13.6. The van der Waals surface area contributed by atoms with Crippen LogP contribution < -0.4 is 29.4 Å². The fourth-order valence-electron chi connectivity index (χ4n) is 3.36. The largest absolute Gasteiger partial charge is 0.493 e. The van der Waals surface area contributed by atoms with Gasteiger partial charge in [-0.1, -0.05) is 6.07 Å². The molecule has 2 aromatic carbocycles. The summed E-state index contributed by atoms with van der Waals surface area (Å²) >= 11 is 0.